The number of H-pyrrole nitrogens is 1. The van der Waals surface area contributed by atoms with Gasteiger partial charge in [-0.3, -0.25) is 4.90 Å². The van der Waals surface area contributed by atoms with Crippen LogP contribution in [0.25, 0.3) is 16.6 Å². The van der Waals surface area contributed by atoms with Crippen molar-refractivity contribution in [3.05, 3.63) is 69.3 Å². The van der Waals surface area contributed by atoms with E-state index in [1.54, 1.807) is 11.5 Å². The van der Waals surface area contributed by atoms with Crippen LogP contribution in [0.5, 0.6) is 5.75 Å². The maximum Gasteiger partial charge on any atom is 0.332 e. The van der Waals surface area contributed by atoms with Gasteiger partial charge in [0.05, 0.1) is 24.0 Å². The number of fused-ring (bicyclic) bond motifs is 3. The Kier molecular flexibility index (Phi) is 4.96. The summed E-state index contributed by atoms with van der Waals surface area (Å²) in [6.07, 6.45) is 0. The number of halogens is 1. The zero-order valence-electron chi connectivity index (χ0n) is 16.6. The van der Waals surface area contributed by atoms with Gasteiger partial charge in [-0.15, -0.1) is 0 Å². The molecule has 1 saturated heterocycles. The van der Waals surface area contributed by atoms with Crippen LogP contribution in [-0.4, -0.2) is 52.6 Å². The Labute approximate surface area is 182 Å². The molecule has 30 heavy (non-hydrogen) atoms. The number of hydrogen-bond donors (Lipinski definition) is 1. The number of nitrogens with zero attached hydrogens (tertiary/aromatic N) is 4. The number of aromatic amines is 1. The normalized spacial score (nSPS) is 15.2. The smallest absolute Gasteiger partial charge is 0.332 e. The first-order valence-corrected chi connectivity index (χ1v) is 10.7. The Morgan fingerprint density at radius 3 is 2.60 bits per heavy atom. The van der Waals surface area contributed by atoms with Gasteiger partial charge in [0.1, 0.15) is 10.4 Å². The van der Waals surface area contributed by atoms with Crippen molar-refractivity contribution < 1.29 is 4.74 Å². The van der Waals surface area contributed by atoms with Gasteiger partial charge in [0.15, 0.2) is 5.65 Å². The fraction of sp³-hybridized carbons (Fsp3) is 0.273. The van der Waals surface area contributed by atoms with Crippen LogP contribution in [0.4, 0.5) is 5.69 Å². The number of benzene rings is 2. The Morgan fingerprint density at radius 1 is 1.07 bits per heavy atom. The maximum atomic E-state index is 12.6. The van der Waals surface area contributed by atoms with Crippen molar-refractivity contribution in [3.8, 4) is 5.75 Å². The van der Waals surface area contributed by atoms with Gasteiger partial charge in [-0.25, -0.2) is 14.2 Å². The van der Waals surface area contributed by atoms with E-state index in [1.165, 1.54) is 0 Å². The minimum Gasteiger partial charge on any atom is -0.495 e. The minimum absolute atomic E-state index is 0.185. The van der Waals surface area contributed by atoms with Crippen molar-refractivity contribution in [1.29, 1.82) is 0 Å². The second kappa shape index (κ2) is 7.77. The lowest BCUT2D eigenvalue weighted by atomic mass is 10.2. The standard InChI is InChI=1S/C22H22BrN5O2/c1-30-19-9-5-4-8-18(19)27-12-10-26(11-13-27)14-17-20(23)28-21(24-17)15-6-2-3-7-16(15)25-22(28)29/h2-9H,10-14H2,1H3,(H,25,29). The van der Waals surface area contributed by atoms with Crippen LogP contribution >= 0.6 is 15.9 Å². The number of anilines is 1. The van der Waals surface area contributed by atoms with Crippen molar-refractivity contribution in [1.82, 2.24) is 19.3 Å². The minimum atomic E-state index is -0.185. The maximum absolute atomic E-state index is 12.6. The number of nitrogens with one attached hydrogen (secondary N) is 1. The summed E-state index contributed by atoms with van der Waals surface area (Å²) >= 11 is 3.61. The highest BCUT2D eigenvalue weighted by Crippen LogP contribution is 2.29. The Morgan fingerprint density at radius 2 is 1.80 bits per heavy atom. The van der Waals surface area contributed by atoms with Gasteiger partial charge in [0.2, 0.25) is 0 Å². The van der Waals surface area contributed by atoms with Gasteiger partial charge in [-0.1, -0.05) is 24.3 Å². The number of aromatic nitrogens is 3. The van der Waals surface area contributed by atoms with Crippen LogP contribution in [0.15, 0.2) is 57.9 Å². The zero-order valence-corrected chi connectivity index (χ0v) is 18.2. The van der Waals surface area contributed by atoms with E-state index in [1.807, 2.05) is 42.5 Å². The molecule has 8 heteroatoms. The first kappa shape index (κ1) is 19.1. The quantitative estimate of drug-likeness (QED) is 0.498. The largest absolute Gasteiger partial charge is 0.495 e. The topological polar surface area (TPSA) is 65.9 Å². The van der Waals surface area contributed by atoms with Crippen LogP contribution in [0, 0.1) is 0 Å². The molecule has 1 N–H and O–H groups in total. The highest BCUT2D eigenvalue weighted by atomic mass is 79.9. The van der Waals surface area contributed by atoms with E-state index in [0.29, 0.717) is 12.2 Å². The van der Waals surface area contributed by atoms with Crippen LogP contribution in [0.1, 0.15) is 5.69 Å². The lowest BCUT2D eigenvalue weighted by molar-refractivity contribution is 0.246. The van der Waals surface area contributed by atoms with Crippen molar-refractivity contribution >= 4 is 38.2 Å². The molecule has 154 valence electrons. The monoisotopic (exact) mass is 467 g/mol. The van der Waals surface area contributed by atoms with Crippen molar-refractivity contribution in [2.75, 3.05) is 38.2 Å². The lowest BCUT2D eigenvalue weighted by Gasteiger charge is -2.36. The summed E-state index contributed by atoms with van der Waals surface area (Å²) in [7, 11) is 1.71. The molecule has 3 heterocycles. The molecule has 2 aromatic heterocycles. The molecule has 4 aromatic rings. The number of methoxy groups -OCH3 is 1. The van der Waals surface area contributed by atoms with Gasteiger partial charge >= 0.3 is 5.69 Å². The van der Waals surface area contributed by atoms with Gasteiger partial charge in [-0.2, -0.15) is 0 Å². The van der Waals surface area contributed by atoms with Gasteiger partial charge in [0.25, 0.3) is 0 Å². The van der Waals surface area contributed by atoms with E-state index in [2.05, 4.69) is 36.8 Å². The molecule has 0 aliphatic carbocycles. The average Bonchev–Trinajstić information content (AvgIpc) is 3.11. The van der Waals surface area contributed by atoms with E-state index in [-0.39, 0.29) is 5.69 Å². The van der Waals surface area contributed by atoms with E-state index in [0.717, 1.165) is 58.8 Å². The first-order chi connectivity index (χ1) is 14.7. The van der Waals surface area contributed by atoms with E-state index in [9.17, 15) is 4.79 Å². The van der Waals surface area contributed by atoms with Crippen LogP contribution in [-0.2, 0) is 6.54 Å². The molecule has 0 amide bonds. The van der Waals surface area contributed by atoms with Crippen molar-refractivity contribution in [2.45, 2.75) is 6.54 Å². The summed E-state index contributed by atoms with van der Waals surface area (Å²) in [4.78, 5) is 25.1. The molecule has 0 spiro atoms. The zero-order chi connectivity index (χ0) is 20.7. The second-order valence-corrected chi connectivity index (χ2v) is 8.17. The summed E-state index contributed by atoms with van der Waals surface area (Å²) in [5.74, 6) is 0.903. The third kappa shape index (κ3) is 3.26. The number of imidazole rings is 1. The van der Waals surface area contributed by atoms with Crippen molar-refractivity contribution in [3.63, 3.8) is 0 Å². The molecule has 0 bridgehead atoms. The fourth-order valence-corrected chi connectivity index (χ4v) is 4.66. The molecule has 0 radical (unpaired) electrons. The highest BCUT2D eigenvalue weighted by molar-refractivity contribution is 9.10. The average molecular weight is 468 g/mol. The van der Waals surface area contributed by atoms with Crippen LogP contribution < -0.4 is 15.3 Å². The summed E-state index contributed by atoms with van der Waals surface area (Å²) < 4.78 is 7.84. The number of rotatable bonds is 4. The molecule has 0 atom stereocenters. The molecule has 5 rings (SSSR count). The SMILES string of the molecule is COc1ccccc1N1CCN(Cc2nc3c4ccccc4[nH]c(=O)n3c2Br)CC1. The van der Waals surface area contributed by atoms with E-state index < -0.39 is 0 Å². The predicted octanol–water partition coefficient (Wildman–Crippen LogP) is 3.27. The summed E-state index contributed by atoms with van der Waals surface area (Å²) in [6, 6.07) is 15.9. The predicted molar refractivity (Wildman–Crippen MR) is 122 cm³/mol. The van der Waals surface area contributed by atoms with Crippen molar-refractivity contribution in [2.24, 2.45) is 0 Å². The molecule has 2 aromatic carbocycles. The van der Waals surface area contributed by atoms with Gasteiger partial charge < -0.3 is 14.6 Å². The first-order valence-electron chi connectivity index (χ1n) is 9.94. The molecular formula is C22H22BrN5O2. The van der Waals surface area contributed by atoms with E-state index >= 15 is 0 Å². The summed E-state index contributed by atoms with van der Waals surface area (Å²) in [5, 5.41) is 0.935. The lowest BCUT2D eigenvalue weighted by Crippen LogP contribution is -2.46. The molecule has 0 unspecified atom stereocenters. The molecule has 0 saturated carbocycles. The highest BCUT2D eigenvalue weighted by Gasteiger charge is 2.22. The second-order valence-electron chi connectivity index (χ2n) is 7.42. The Balaban J connectivity index is 1.38. The molecule has 1 fully saturated rings. The fourth-order valence-electron chi connectivity index (χ4n) is 4.12. The summed E-state index contributed by atoms with van der Waals surface area (Å²) in [6.45, 7) is 4.34. The molecule has 7 nitrogen and oxygen atoms in total. The molecule has 1 aliphatic rings. The van der Waals surface area contributed by atoms with Gasteiger partial charge in [0, 0.05) is 38.1 Å². The number of piperazine rings is 1. The number of ether oxygens (including phenoxy) is 1. The molecule has 1 aliphatic heterocycles. The summed E-state index contributed by atoms with van der Waals surface area (Å²) in [5.41, 5.74) is 3.30. The van der Waals surface area contributed by atoms with Crippen LogP contribution in [0.3, 0.4) is 0 Å². The van der Waals surface area contributed by atoms with Gasteiger partial charge in [-0.05, 0) is 40.2 Å². The third-order valence-electron chi connectivity index (χ3n) is 5.67. The molecular weight excluding hydrogens is 446 g/mol. The Hall–Kier alpha value is -2.84. The van der Waals surface area contributed by atoms with E-state index in [4.69, 9.17) is 9.72 Å². The number of para-hydroxylation sites is 3. The third-order valence-corrected chi connectivity index (χ3v) is 6.48. The Bertz CT molecular complexity index is 1270. The number of hydrogen-bond acceptors (Lipinski definition) is 5. The van der Waals surface area contributed by atoms with Crippen LogP contribution in [0.2, 0.25) is 0 Å².